The fourth-order valence-electron chi connectivity index (χ4n) is 0.793. The van der Waals surface area contributed by atoms with Crippen LogP contribution in [0.2, 0.25) is 5.02 Å². The number of carboxylic acids is 1. The van der Waals surface area contributed by atoms with E-state index in [1.807, 2.05) is 0 Å². The summed E-state index contributed by atoms with van der Waals surface area (Å²) in [4.78, 5) is 10.3. The van der Waals surface area contributed by atoms with Crippen LogP contribution in [-0.2, 0) is 4.79 Å². The standard InChI is InChI=1S/C9H9ClO3/c1-6(9(11)12)13-8-4-2-3-7(10)5-8/h2-6H,1H3,(H,11,12)/p-1. The molecule has 1 aromatic rings. The van der Waals surface area contributed by atoms with Gasteiger partial charge in [0, 0.05) is 5.02 Å². The second-order valence-corrected chi connectivity index (χ2v) is 2.97. The molecule has 70 valence electrons. The molecule has 0 radical (unpaired) electrons. The Bertz CT molecular complexity index is 311. The Morgan fingerprint density at radius 2 is 2.31 bits per heavy atom. The minimum Gasteiger partial charge on any atom is -0.546 e. The average Bonchev–Trinajstić information content (AvgIpc) is 2.04. The SMILES string of the molecule is CC(Oc1cccc(Cl)c1)C(=O)[O-]. The number of carbonyl (C=O) groups excluding carboxylic acids is 1. The Balaban J connectivity index is 2.69. The van der Waals surface area contributed by atoms with Crippen molar-refractivity contribution in [1.29, 1.82) is 0 Å². The molecule has 0 aliphatic carbocycles. The van der Waals surface area contributed by atoms with E-state index in [1.165, 1.54) is 6.92 Å². The highest BCUT2D eigenvalue weighted by molar-refractivity contribution is 6.30. The molecule has 3 nitrogen and oxygen atoms in total. The number of benzene rings is 1. The number of hydrogen-bond acceptors (Lipinski definition) is 3. The van der Waals surface area contributed by atoms with Gasteiger partial charge in [-0.3, -0.25) is 0 Å². The summed E-state index contributed by atoms with van der Waals surface area (Å²) < 4.78 is 5.01. The van der Waals surface area contributed by atoms with Gasteiger partial charge < -0.3 is 14.6 Å². The highest BCUT2D eigenvalue weighted by Crippen LogP contribution is 2.17. The second kappa shape index (κ2) is 4.14. The molecule has 0 amide bonds. The van der Waals surface area contributed by atoms with Gasteiger partial charge in [0.2, 0.25) is 0 Å². The average molecular weight is 200 g/mol. The van der Waals surface area contributed by atoms with Gasteiger partial charge in [-0.25, -0.2) is 0 Å². The van der Waals surface area contributed by atoms with Crippen molar-refractivity contribution < 1.29 is 14.6 Å². The first-order chi connectivity index (χ1) is 6.09. The van der Waals surface area contributed by atoms with Crippen LogP contribution in [0.4, 0.5) is 0 Å². The highest BCUT2D eigenvalue weighted by atomic mass is 35.5. The van der Waals surface area contributed by atoms with Crippen molar-refractivity contribution in [1.82, 2.24) is 0 Å². The Morgan fingerprint density at radius 1 is 1.62 bits per heavy atom. The number of aliphatic carboxylic acids is 1. The van der Waals surface area contributed by atoms with Crippen molar-refractivity contribution in [2.45, 2.75) is 13.0 Å². The lowest BCUT2D eigenvalue weighted by Crippen LogP contribution is -2.37. The summed E-state index contributed by atoms with van der Waals surface area (Å²) in [6.07, 6.45) is -0.974. The number of carbonyl (C=O) groups is 1. The first-order valence-corrected chi connectivity index (χ1v) is 4.10. The summed E-state index contributed by atoms with van der Waals surface area (Å²) in [6, 6.07) is 6.53. The first kappa shape index (κ1) is 9.86. The normalized spacial score (nSPS) is 12.2. The van der Waals surface area contributed by atoms with Gasteiger partial charge >= 0.3 is 0 Å². The van der Waals surface area contributed by atoms with E-state index in [9.17, 15) is 9.90 Å². The van der Waals surface area contributed by atoms with Crippen LogP contribution in [0.3, 0.4) is 0 Å². The molecule has 0 fully saturated rings. The van der Waals surface area contributed by atoms with E-state index in [0.717, 1.165) is 0 Å². The van der Waals surface area contributed by atoms with Crippen molar-refractivity contribution in [3.63, 3.8) is 0 Å². The molecule has 0 aliphatic heterocycles. The molecule has 1 rings (SSSR count). The van der Waals surface area contributed by atoms with Crippen LogP contribution in [0.15, 0.2) is 24.3 Å². The lowest BCUT2D eigenvalue weighted by molar-refractivity contribution is -0.312. The van der Waals surface area contributed by atoms with Gasteiger partial charge in [0.15, 0.2) is 0 Å². The number of carboxylic acid groups (broad SMARTS) is 1. The van der Waals surface area contributed by atoms with E-state index in [-0.39, 0.29) is 0 Å². The van der Waals surface area contributed by atoms with Crippen molar-refractivity contribution in [2.75, 3.05) is 0 Å². The second-order valence-electron chi connectivity index (χ2n) is 2.54. The van der Waals surface area contributed by atoms with E-state index >= 15 is 0 Å². The van der Waals surface area contributed by atoms with Crippen molar-refractivity contribution >= 4 is 17.6 Å². The quantitative estimate of drug-likeness (QED) is 0.726. The van der Waals surface area contributed by atoms with Crippen LogP contribution in [-0.4, -0.2) is 12.1 Å². The summed E-state index contributed by atoms with van der Waals surface area (Å²) in [6.45, 7) is 1.40. The van der Waals surface area contributed by atoms with Gasteiger partial charge in [0.1, 0.15) is 11.9 Å². The van der Waals surface area contributed by atoms with Crippen LogP contribution < -0.4 is 9.84 Å². The molecular formula is C9H8ClO3-. The molecule has 1 unspecified atom stereocenters. The molecule has 0 heterocycles. The Hall–Kier alpha value is -1.22. The summed E-state index contributed by atoms with van der Waals surface area (Å²) in [5.41, 5.74) is 0. The van der Waals surface area contributed by atoms with Gasteiger partial charge in [-0.05, 0) is 25.1 Å². The third-order valence-electron chi connectivity index (χ3n) is 1.44. The summed E-state index contributed by atoms with van der Waals surface area (Å²) in [7, 11) is 0. The number of rotatable bonds is 3. The molecule has 4 heteroatoms. The maximum Gasteiger partial charge on any atom is 0.135 e. The lowest BCUT2D eigenvalue weighted by Gasteiger charge is -2.15. The summed E-state index contributed by atoms with van der Waals surface area (Å²) in [5.74, 6) is -0.829. The van der Waals surface area contributed by atoms with E-state index in [0.29, 0.717) is 10.8 Å². The lowest BCUT2D eigenvalue weighted by atomic mass is 10.3. The molecule has 13 heavy (non-hydrogen) atoms. The zero-order chi connectivity index (χ0) is 9.84. The molecule has 0 aromatic heterocycles. The van der Waals surface area contributed by atoms with Crippen molar-refractivity contribution in [3.05, 3.63) is 29.3 Å². The summed E-state index contributed by atoms with van der Waals surface area (Å²) in [5, 5.41) is 10.8. The maximum absolute atomic E-state index is 10.3. The minimum atomic E-state index is -1.25. The van der Waals surface area contributed by atoms with Crippen LogP contribution in [0.25, 0.3) is 0 Å². The third-order valence-corrected chi connectivity index (χ3v) is 1.68. The largest absolute Gasteiger partial charge is 0.546 e. The maximum atomic E-state index is 10.3. The van der Waals surface area contributed by atoms with Gasteiger partial charge in [-0.1, -0.05) is 17.7 Å². The van der Waals surface area contributed by atoms with E-state index < -0.39 is 12.1 Å². The Kier molecular flexibility index (Phi) is 3.14. The molecule has 1 atom stereocenters. The van der Waals surface area contributed by atoms with Gasteiger partial charge in [0.05, 0.1) is 5.97 Å². The van der Waals surface area contributed by atoms with E-state index in [2.05, 4.69) is 0 Å². The molecule has 0 spiro atoms. The van der Waals surface area contributed by atoms with Gasteiger partial charge in [-0.15, -0.1) is 0 Å². The van der Waals surface area contributed by atoms with Crippen molar-refractivity contribution in [2.24, 2.45) is 0 Å². The Morgan fingerprint density at radius 3 is 2.85 bits per heavy atom. The molecule has 0 saturated heterocycles. The monoisotopic (exact) mass is 199 g/mol. The molecule has 0 bridgehead atoms. The molecule has 0 N–H and O–H groups in total. The van der Waals surface area contributed by atoms with Gasteiger partial charge in [0.25, 0.3) is 0 Å². The van der Waals surface area contributed by atoms with Gasteiger partial charge in [-0.2, -0.15) is 0 Å². The van der Waals surface area contributed by atoms with E-state index in [4.69, 9.17) is 16.3 Å². The van der Waals surface area contributed by atoms with Crippen LogP contribution in [0.1, 0.15) is 6.92 Å². The predicted octanol–water partition coefficient (Wildman–Crippen LogP) is 0.857. The number of hydrogen-bond donors (Lipinski definition) is 0. The zero-order valence-electron chi connectivity index (χ0n) is 6.99. The third kappa shape index (κ3) is 2.95. The van der Waals surface area contributed by atoms with Crippen molar-refractivity contribution in [3.8, 4) is 5.75 Å². The fraction of sp³-hybridized carbons (Fsp3) is 0.222. The fourth-order valence-corrected chi connectivity index (χ4v) is 0.973. The number of ether oxygens (including phenoxy) is 1. The van der Waals surface area contributed by atoms with Crippen LogP contribution in [0, 0.1) is 0 Å². The Labute approximate surface area is 80.9 Å². The smallest absolute Gasteiger partial charge is 0.135 e. The highest BCUT2D eigenvalue weighted by Gasteiger charge is 2.04. The predicted molar refractivity (Wildman–Crippen MR) is 46.5 cm³/mol. The molecule has 0 aliphatic rings. The zero-order valence-corrected chi connectivity index (χ0v) is 7.75. The first-order valence-electron chi connectivity index (χ1n) is 3.72. The molecule has 0 saturated carbocycles. The number of halogens is 1. The van der Waals surface area contributed by atoms with E-state index in [1.54, 1.807) is 24.3 Å². The molecule has 1 aromatic carbocycles. The summed E-state index contributed by atoms with van der Waals surface area (Å²) >= 11 is 5.66. The minimum absolute atomic E-state index is 0.421. The topological polar surface area (TPSA) is 49.4 Å². The molecular weight excluding hydrogens is 192 g/mol. The van der Waals surface area contributed by atoms with Crippen LogP contribution >= 0.6 is 11.6 Å². The van der Waals surface area contributed by atoms with Crippen LogP contribution in [0.5, 0.6) is 5.75 Å².